The van der Waals surface area contributed by atoms with Crippen molar-refractivity contribution in [3.8, 4) is 11.8 Å². The second-order valence-electron chi connectivity index (χ2n) is 6.27. The minimum Gasteiger partial charge on any atom is -0.321 e. The second kappa shape index (κ2) is 8.12. The number of halogens is 2. The average Bonchev–Trinajstić information content (AvgIpc) is 2.94. The van der Waals surface area contributed by atoms with E-state index in [1.165, 1.54) is 12.1 Å². The summed E-state index contributed by atoms with van der Waals surface area (Å²) < 4.78 is 15.2. The first-order chi connectivity index (χ1) is 13.4. The van der Waals surface area contributed by atoms with Crippen LogP contribution in [0.4, 0.5) is 10.1 Å². The van der Waals surface area contributed by atoms with Crippen LogP contribution in [0.3, 0.4) is 0 Å². The number of nitriles is 1. The number of hydrogen-bond donors (Lipinski definition) is 1. The van der Waals surface area contributed by atoms with Crippen LogP contribution in [-0.2, 0) is 4.79 Å². The molecule has 3 rings (SSSR count). The van der Waals surface area contributed by atoms with Crippen LogP contribution >= 0.6 is 11.6 Å². The molecular formula is C22H17ClFN3O. The highest BCUT2D eigenvalue weighted by Gasteiger charge is 2.14. The second-order valence-corrected chi connectivity index (χ2v) is 6.71. The lowest BCUT2D eigenvalue weighted by Crippen LogP contribution is -2.13. The Labute approximate surface area is 167 Å². The van der Waals surface area contributed by atoms with E-state index in [0.29, 0.717) is 10.7 Å². The summed E-state index contributed by atoms with van der Waals surface area (Å²) in [5.74, 6) is -0.827. The summed E-state index contributed by atoms with van der Waals surface area (Å²) in [7, 11) is 0. The van der Waals surface area contributed by atoms with Gasteiger partial charge in [-0.3, -0.25) is 4.79 Å². The van der Waals surface area contributed by atoms with E-state index >= 15 is 0 Å². The molecule has 0 saturated heterocycles. The molecule has 1 amide bonds. The molecule has 0 spiro atoms. The molecule has 1 N–H and O–H groups in total. The summed E-state index contributed by atoms with van der Waals surface area (Å²) in [6.07, 6.45) is 1.54. The molecule has 0 bridgehead atoms. The third-order valence-electron chi connectivity index (χ3n) is 4.30. The van der Waals surface area contributed by atoms with Gasteiger partial charge < -0.3 is 9.88 Å². The molecule has 3 aromatic rings. The fraction of sp³-hybridized carbons (Fsp3) is 0.0909. The van der Waals surface area contributed by atoms with Crippen molar-refractivity contribution in [3.05, 3.63) is 88.0 Å². The molecule has 4 nitrogen and oxygen atoms in total. The van der Waals surface area contributed by atoms with Gasteiger partial charge in [-0.05, 0) is 74.0 Å². The Morgan fingerprint density at radius 1 is 1.18 bits per heavy atom. The predicted octanol–water partition coefficient (Wildman–Crippen LogP) is 5.43. The standard InChI is InChI=1S/C22H17ClFN3O/c1-14-10-16(15(2)27(14)21-8-6-19(24)7-9-21)11-17(13-25)22(28)26-20-5-3-4-18(23)12-20/h3-12H,1-2H3,(H,26,28)/b17-11+. The van der Waals surface area contributed by atoms with Crippen LogP contribution in [0, 0.1) is 31.0 Å². The van der Waals surface area contributed by atoms with Crippen LogP contribution in [0.5, 0.6) is 0 Å². The number of aryl methyl sites for hydroxylation is 1. The molecule has 6 heteroatoms. The van der Waals surface area contributed by atoms with Crippen molar-refractivity contribution in [2.24, 2.45) is 0 Å². The molecule has 0 aliphatic rings. The number of nitrogens with one attached hydrogen (secondary N) is 1. The van der Waals surface area contributed by atoms with Gasteiger partial charge in [-0.25, -0.2) is 4.39 Å². The number of amides is 1. The van der Waals surface area contributed by atoms with Gasteiger partial charge in [-0.2, -0.15) is 5.26 Å². The lowest BCUT2D eigenvalue weighted by Gasteiger charge is -2.09. The fourth-order valence-electron chi connectivity index (χ4n) is 2.99. The maximum atomic E-state index is 13.2. The number of carbonyl (C=O) groups is 1. The van der Waals surface area contributed by atoms with Crippen LogP contribution in [0.1, 0.15) is 17.0 Å². The highest BCUT2D eigenvalue weighted by Crippen LogP contribution is 2.23. The van der Waals surface area contributed by atoms with E-state index in [0.717, 1.165) is 22.6 Å². The molecule has 2 aromatic carbocycles. The molecule has 28 heavy (non-hydrogen) atoms. The van der Waals surface area contributed by atoms with Crippen LogP contribution in [-0.4, -0.2) is 10.5 Å². The Morgan fingerprint density at radius 2 is 1.89 bits per heavy atom. The number of hydrogen-bond acceptors (Lipinski definition) is 2. The Hall–Kier alpha value is -3.36. The monoisotopic (exact) mass is 393 g/mol. The average molecular weight is 394 g/mol. The molecule has 0 saturated carbocycles. The van der Waals surface area contributed by atoms with Gasteiger partial charge in [0.25, 0.3) is 5.91 Å². The zero-order chi connectivity index (χ0) is 20.3. The molecule has 0 aliphatic carbocycles. The molecular weight excluding hydrogens is 377 g/mol. The molecule has 1 heterocycles. The van der Waals surface area contributed by atoms with Gasteiger partial charge in [0, 0.05) is 27.8 Å². The maximum Gasteiger partial charge on any atom is 0.266 e. The Morgan fingerprint density at radius 3 is 2.54 bits per heavy atom. The van der Waals surface area contributed by atoms with Crippen molar-refractivity contribution >= 4 is 29.3 Å². The number of carbonyl (C=O) groups excluding carboxylic acids is 1. The summed E-state index contributed by atoms with van der Waals surface area (Å²) in [5, 5.41) is 12.6. The number of aromatic nitrogens is 1. The molecule has 0 fully saturated rings. The lowest BCUT2D eigenvalue weighted by molar-refractivity contribution is -0.112. The van der Waals surface area contributed by atoms with E-state index in [4.69, 9.17) is 11.6 Å². The van der Waals surface area contributed by atoms with Gasteiger partial charge in [0.15, 0.2) is 0 Å². The first-order valence-corrected chi connectivity index (χ1v) is 8.90. The summed E-state index contributed by atoms with van der Waals surface area (Å²) in [6, 6.07) is 16.7. The zero-order valence-corrected chi connectivity index (χ0v) is 16.1. The molecule has 0 unspecified atom stereocenters. The van der Waals surface area contributed by atoms with E-state index in [9.17, 15) is 14.4 Å². The van der Waals surface area contributed by atoms with Crippen LogP contribution in [0.2, 0.25) is 5.02 Å². The van der Waals surface area contributed by atoms with Crippen molar-refractivity contribution in [2.45, 2.75) is 13.8 Å². The van der Waals surface area contributed by atoms with Gasteiger partial charge >= 0.3 is 0 Å². The van der Waals surface area contributed by atoms with Crippen molar-refractivity contribution in [1.82, 2.24) is 4.57 Å². The van der Waals surface area contributed by atoms with Gasteiger partial charge in [0.1, 0.15) is 17.5 Å². The number of rotatable bonds is 4. The highest BCUT2D eigenvalue weighted by molar-refractivity contribution is 6.31. The maximum absolute atomic E-state index is 13.2. The Bertz CT molecular complexity index is 1110. The third kappa shape index (κ3) is 4.13. The quantitative estimate of drug-likeness (QED) is 0.474. The number of nitrogens with zero attached hydrogens (tertiary/aromatic N) is 2. The molecule has 0 aliphatic heterocycles. The largest absolute Gasteiger partial charge is 0.321 e. The van der Waals surface area contributed by atoms with Gasteiger partial charge in [0.2, 0.25) is 0 Å². The smallest absolute Gasteiger partial charge is 0.266 e. The van der Waals surface area contributed by atoms with Gasteiger partial charge in [-0.1, -0.05) is 17.7 Å². The van der Waals surface area contributed by atoms with Crippen LogP contribution < -0.4 is 5.32 Å². The van der Waals surface area contributed by atoms with Crippen molar-refractivity contribution in [3.63, 3.8) is 0 Å². The summed E-state index contributed by atoms with van der Waals surface area (Å²) in [5.41, 5.74) is 3.77. The summed E-state index contributed by atoms with van der Waals surface area (Å²) in [6.45, 7) is 3.79. The fourth-order valence-corrected chi connectivity index (χ4v) is 3.18. The number of benzene rings is 2. The van der Waals surface area contributed by atoms with Gasteiger partial charge in [-0.15, -0.1) is 0 Å². The van der Waals surface area contributed by atoms with E-state index in [1.54, 1.807) is 42.5 Å². The minimum absolute atomic E-state index is 0.0284. The van der Waals surface area contributed by atoms with Crippen molar-refractivity contribution in [2.75, 3.05) is 5.32 Å². The van der Waals surface area contributed by atoms with Gasteiger partial charge in [0.05, 0.1) is 0 Å². The van der Waals surface area contributed by atoms with E-state index < -0.39 is 5.91 Å². The van der Waals surface area contributed by atoms with E-state index in [2.05, 4.69) is 5.32 Å². The Kier molecular flexibility index (Phi) is 5.62. The first-order valence-electron chi connectivity index (χ1n) is 8.52. The molecule has 1 aromatic heterocycles. The SMILES string of the molecule is Cc1cc(/C=C(\C#N)C(=O)Nc2cccc(Cl)c2)c(C)n1-c1ccc(F)cc1. The van der Waals surface area contributed by atoms with Crippen LogP contribution in [0.25, 0.3) is 11.8 Å². The highest BCUT2D eigenvalue weighted by atomic mass is 35.5. The third-order valence-corrected chi connectivity index (χ3v) is 4.54. The Balaban J connectivity index is 1.93. The van der Waals surface area contributed by atoms with E-state index in [-0.39, 0.29) is 11.4 Å². The lowest BCUT2D eigenvalue weighted by atomic mass is 10.1. The molecule has 0 atom stereocenters. The first kappa shape index (κ1) is 19.4. The summed E-state index contributed by atoms with van der Waals surface area (Å²) in [4.78, 5) is 12.5. The zero-order valence-electron chi connectivity index (χ0n) is 15.3. The van der Waals surface area contributed by atoms with E-state index in [1.807, 2.05) is 30.6 Å². The topological polar surface area (TPSA) is 57.8 Å². The predicted molar refractivity (Wildman–Crippen MR) is 109 cm³/mol. The van der Waals surface area contributed by atoms with Crippen molar-refractivity contribution < 1.29 is 9.18 Å². The summed E-state index contributed by atoms with van der Waals surface area (Å²) >= 11 is 5.92. The molecule has 0 radical (unpaired) electrons. The van der Waals surface area contributed by atoms with Crippen LogP contribution in [0.15, 0.2) is 60.2 Å². The number of anilines is 1. The normalized spacial score (nSPS) is 11.2. The minimum atomic E-state index is -0.517. The van der Waals surface area contributed by atoms with Crippen molar-refractivity contribution in [1.29, 1.82) is 5.26 Å². The molecule has 140 valence electrons.